The number of unbranched alkanes of at least 4 members (excludes halogenated alkanes) is 3. The molecule has 0 fully saturated rings. The summed E-state index contributed by atoms with van der Waals surface area (Å²) >= 11 is 0. The van der Waals surface area contributed by atoms with Crippen molar-refractivity contribution in [3.8, 4) is 0 Å². The lowest BCUT2D eigenvalue weighted by atomic mass is 10.0. The molecule has 0 radical (unpaired) electrons. The lowest BCUT2D eigenvalue weighted by molar-refractivity contribution is 0.0952. The summed E-state index contributed by atoms with van der Waals surface area (Å²) in [5, 5.41) is 2.83. The van der Waals surface area contributed by atoms with Gasteiger partial charge < -0.3 is 5.32 Å². The van der Waals surface area contributed by atoms with E-state index in [-0.39, 0.29) is 10.8 Å². The molecule has 4 nitrogen and oxygen atoms in total. The molecule has 118 valence electrons. The van der Waals surface area contributed by atoms with E-state index in [2.05, 4.69) is 12.2 Å². The van der Waals surface area contributed by atoms with Crippen LogP contribution in [-0.4, -0.2) is 20.9 Å². The molecule has 0 saturated carbocycles. The van der Waals surface area contributed by atoms with Crippen LogP contribution in [0, 0.1) is 13.8 Å². The molecule has 0 aliphatic rings. The van der Waals surface area contributed by atoms with Crippen molar-refractivity contribution in [3.05, 3.63) is 28.8 Å². The van der Waals surface area contributed by atoms with Gasteiger partial charge in [-0.2, -0.15) is 0 Å². The van der Waals surface area contributed by atoms with E-state index in [0.717, 1.165) is 36.8 Å². The van der Waals surface area contributed by atoms with Crippen molar-refractivity contribution >= 4 is 25.6 Å². The maximum absolute atomic E-state index is 12.2. The summed E-state index contributed by atoms with van der Waals surface area (Å²) in [6.45, 7) is 6.28. The Morgan fingerprint density at radius 2 is 1.86 bits per heavy atom. The first-order chi connectivity index (χ1) is 9.77. The number of rotatable bonds is 7. The highest BCUT2D eigenvalue weighted by Crippen LogP contribution is 2.22. The topological polar surface area (TPSA) is 63.2 Å². The SMILES string of the molecule is CCCCCCNC(=O)c1cc(S(=O)(=O)Cl)cc(C)c1C. The Labute approximate surface area is 131 Å². The molecule has 21 heavy (non-hydrogen) atoms. The van der Waals surface area contributed by atoms with Crippen LogP contribution >= 0.6 is 10.7 Å². The first kappa shape index (κ1) is 18.0. The maximum atomic E-state index is 12.2. The molecule has 1 amide bonds. The zero-order chi connectivity index (χ0) is 16.0. The summed E-state index contributed by atoms with van der Waals surface area (Å²) in [7, 11) is 1.52. The smallest absolute Gasteiger partial charge is 0.261 e. The highest BCUT2D eigenvalue weighted by molar-refractivity contribution is 8.13. The van der Waals surface area contributed by atoms with Crippen LogP contribution in [0.2, 0.25) is 0 Å². The van der Waals surface area contributed by atoms with Crippen molar-refractivity contribution in [3.63, 3.8) is 0 Å². The van der Waals surface area contributed by atoms with E-state index < -0.39 is 9.05 Å². The average molecular weight is 332 g/mol. The molecule has 1 N–H and O–H groups in total. The van der Waals surface area contributed by atoms with E-state index in [1.807, 2.05) is 0 Å². The Morgan fingerprint density at radius 1 is 1.19 bits per heavy atom. The standard InChI is InChI=1S/C15H22ClNO3S/c1-4-5-6-7-8-17-15(18)14-10-13(21(16,19)20)9-11(2)12(14)3/h9-10H,4-8H2,1-3H3,(H,17,18). The van der Waals surface area contributed by atoms with E-state index in [0.29, 0.717) is 12.1 Å². The molecule has 0 aromatic heterocycles. The van der Waals surface area contributed by atoms with Crippen molar-refractivity contribution in [2.75, 3.05) is 6.54 Å². The van der Waals surface area contributed by atoms with Crippen LogP contribution < -0.4 is 5.32 Å². The molecule has 0 aliphatic carbocycles. The van der Waals surface area contributed by atoms with Crippen LogP contribution in [0.15, 0.2) is 17.0 Å². The number of aryl methyl sites for hydroxylation is 1. The Hall–Kier alpha value is -1.07. The van der Waals surface area contributed by atoms with Crippen LogP contribution in [0.25, 0.3) is 0 Å². The molecule has 0 aliphatic heterocycles. The Bertz CT molecular complexity index is 612. The Kier molecular flexibility index (Phi) is 6.68. The Morgan fingerprint density at radius 3 is 2.43 bits per heavy atom. The lowest BCUT2D eigenvalue weighted by Gasteiger charge is -2.11. The minimum Gasteiger partial charge on any atom is -0.352 e. The number of hydrogen-bond donors (Lipinski definition) is 1. The Balaban J connectivity index is 2.86. The molecule has 1 aromatic carbocycles. The van der Waals surface area contributed by atoms with Gasteiger partial charge in [-0.1, -0.05) is 26.2 Å². The number of carbonyl (C=O) groups excluding carboxylic acids is 1. The quantitative estimate of drug-likeness (QED) is 0.614. The van der Waals surface area contributed by atoms with Gasteiger partial charge in [0.25, 0.3) is 15.0 Å². The zero-order valence-corrected chi connectivity index (χ0v) is 14.3. The predicted molar refractivity (Wildman–Crippen MR) is 85.4 cm³/mol. The predicted octanol–water partition coefficient (Wildman–Crippen LogP) is 3.54. The van der Waals surface area contributed by atoms with Crippen molar-refractivity contribution in [1.82, 2.24) is 5.32 Å². The molecular weight excluding hydrogens is 310 g/mol. The fourth-order valence-corrected chi connectivity index (χ4v) is 2.90. The van der Waals surface area contributed by atoms with Gasteiger partial charge in [0.2, 0.25) is 0 Å². The number of hydrogen-bond acceptors (Lipinski definition) is 3. The van der Waals surface area contributed by atoms with Crippen molar-refractivity contribution in [2.24, 2.45) is 0 Å². The number of benzene rings is 1. The van der Waals surface area contributed by atoms with E-state index in [9.17, 15) is 13.2 Å². The minimum absolute atomic E-state index is 0.0385. The summed E-state index contributed by atoms with van der Waals surface area (Å²) in [4.78, 5) is 12.1. The van der Waals surface area contributed by atoms with Crippen LogP contribution in [0.1, 0.15) is 54.1 Å². The number of amides is 1. The van der Waals surface area contributed by atoms with Crippen molar-refractivity contribution in [1.29, 1.82) is 0 Å². The molecule has 1 aromatic rings. The van der Waals surface area contributed by atoms with Gasteiger partial charge in [0.1, 0.15) is 0 Å². The van der Waals surface area contributed by atoms with E-state index >= 15 is 0 Å². The van der Waals surface area contributed by atoms with Crippen molar-refractivity contribution < 1.29 is 13.2 Å². The minimum atomic E-state index is -3.84. The summed E-state index contributed by atoms with van der Waals surface area (Å²) in [6.07, 6.45) is 4.28. The molecule has 0 heterocycles. The van der Waals surface area contributed by atoms with E-state index in [1.54, 1.807) is 13.8 Å². The van der Waals surface area contributed by atoms with Crippen LogP contribution in [0.3, 0.4) is 0 Å². The zero-order valence-electron chi connectivity index (χ0n) is 12.7. The third-order valence-corrected chi connectivity index (χ3v) is 4.82. The molecule has 0 bridgehead atoms. The normalized spacial score (nSPS) is 11.4. The molecule has 0 spiro atoms. The van der Waals surface area contributed by atoms with Crippen LogP contribution in [-0.2, 0) is 9.05 Å². The largest absolute Gasteiger partial charge is 0.352 e. The molecule has 0 atom stereocenters. The number of carbonyl (C=O) groups is 1. The third-order valence-electron chi connectivity index (χ3n) is 3.48. The second kappa shape index (κ2) is 7.80. The van der Waals surface area contributed by atoms with Gasteiger partial charge in [-0.15, -0.1) is 0 Å². The molecule has 0 saturated heterocycles. The summed E-state index contributed by atoms with van der Waals surface area (Å²) in [6, 6.07) is 2.82. The fourth-order valence-electron chi connectivity index (χ4n) is 2.05. The highest BCUT2D eigenvalue weighted by Gasteiger charge is 2.17. The summed E-state index contributed by atoms with van der Waals surface area (Å²) in [5.74, 6) is -0.255. The van der Waals surface area contributed by atoms with Gasteiger partial charge in [0.05, 0.1) is 4.90 Å². The van der Waals surface area contributed by atoms with Crippen molar-refractivity contribution in [2.45, 2.75) is 51.3 Å². The van der Waals surface area contributed by atoms with E-state index in [1.165, 1.54) is 12.1 Å². The van der Waals surface area contributed by atoms with Gasteiger partial charge in [0.15, 0.2) is 0 Å². The number of halogens is 1. The van der Waals surface area contributed by atoms with Gasteiger partial charge in [-0.3, -0.25) is 4.79 Å². The second-order valence-electron chi connectivity index (χ2n) is 5.17. The monoisotopic (exact) mass is 331 g/mol. The highest BCUT2D eigenvalue weighted by atomic mass is 35.7. The molecule has 1 rings (SSSR count). The molecule has 6 heteroatoms. The first-order valence-electron chi connectivity index (χ1n) is 7.11. The molecular formula is C15H22ClNO3S. The third kappa shape index (κ3) is 5.32. The van der Waals surface area contributed by atoms with Gasteiger partial charge >= 0.3 is 0 Å². The second-order valence-corrected chi connectivity index (χ2v) is 7.73. The summed E-state index contributed by atoms with van der Waals surface area (Å²) in [5.41, 5.74) is 1.86. The van der Waals surface area contributed by atoms with Gasteiger partial charge in [0, 0.05) is 22.8 Å². The fraction of sp³-hybridized carbons (Fsp3) is 0.533. The summed E-state index contributed by atoms with van der Waals surface area (Å²) < 4.78 is 22.9. The van der Waals surface area contributed by atoms with Crippen LogP contribution in [0.5, 0.6) is 0 Å². The van der Waals surface area contributed by atoms with Gasteiger partial charge in [-0.05, 0) is 43.5 Å². The van der Waals surface area contributed by atoms with Crippen LogP contribution in [0.4, 0.5) is 0 Å². The average Bonchev–Trinajstić information content (AvgIpc) is 2.40. The van der Waals surface area contributed by atoms with Gasteiger partial charge in [-0.25, -0.2) is 8.42 Å². The van der Waals surface area contributed by atoms with E-state index in [4.69, 9.17) is 10.7 Å². The number of nitrogens with one attached hydrogen (secondary N) is 1. The lowest BCUT2D eigenvalue weighted by Crippen LogP contribution is -2.25. The molecule has 0 unspecified atom stereocenters. The maximum Gasteiger partial charge on any atom is 0.261 e. The first-order valence-corrected chi connectivity index (χ1v) is 9.42.